The van der Waals surface area contributed by atoms with Crippen molar-refractivity contribution in [3.63, 3.8) is 0 Å². The monoisotopic (exact) mass is 180 g/mol. The highest BCUT2D eigenvalue weighted by atomic mass is 16.1. The maximum absolute atomic E-state index is 10.4. The lowest BCUT2D eigenvalue weighted by Crippen LogP contribution is -2.29. The van der Waals surface area contributed by atoms with Crippen LogP contribution in [0, 0.1) is 11.3 Å². The Labute approximate surface area is 81.2 Å². The van der Waals surface area contributed by atoms with Gasteiger partial charge in [-0.2, -0.15) is 0 Å². The summed E-state index contributed by atoms with van der Waals surface area (Å²) >= 11 is 0. The van der Waals surface area contributed by atoms with E-state index >= 15 is 0 Å². The average molecular weight is 180 g/mol. The molecule has 0 bridgehead atoms. The van der Waals surface area contributed by atoms with E-state index in [1.807, 2.05) is 0 Å². The van der Waals surface area contributed by atoms with E-state index in [9.17, 15) is 4.79 Å². The van der Waals surface area contributed by atoms with Crippen molar-refractivity contribution in [3.8, 4) is 0 Å². The van der Waals surface area contributed by atoms with E-state index in [1.54, 1.807) is 0 Å². The van der Waals surface area contributed by atoms with Gasteiger partial charge in [0.2, 0.25) is 0 Å². The largest absolute Gasteiger partial charge is 0.303 e. The molecule has 1 nitrogen and oxygen atoms in total. The Bertz CT molecular complexity index is 217. The van der Waals surface area contributed by atoms with Gasteiger partial charge in [0.1, 0.15) is 6.29 Å². The van der Waals surface area contributed by atoms with Gasteiger partial charge in [-0.3, -0.25) is 0 Å². The molecule has 0 unspecified atom stereocenters. The van der Waals surface area contributed by atoms with Crippen LogP contribution in [0.2, 0.25) is 0 Å². The lowest BCUT2D eigenvalue weighted by Gasteiger charge is -2.39. The highest BCUT2D eigenvalue weighted by Crippen LogP contribution is 2.44. The van der Waals surface area contributed by atoms with Crippen LogP contribution in [0.4, 0.5) is 0 Å². The summed E-state index contributed by atoms with van der Waals surface area (Å²) in [7, 11) is 0. The van der Waals surface area contributed by atoms with Crippen LogP contribution in [0.15, 0.2) is 11.6 Å². The molecule has 74 valence electrons. The third-order valence-corrected chi connectivity index (χ3v) is 3.82. The van der Waals surface area contributed by atoms with Crippen molar-refractivity contribution >= 4 is 6.29 Å². The maximum atomic E-state index is 10.4. The van der Waals surface area contributed by atoms with Crippen LogP contribution in [0.25, 0.3) is 0 Å². The highest BCUT2D eigenvalue weighted by Gasteiger charge is 2.33. The number of carbonyl (C=O) groups excluding carboxylic acids is 1. The van der Waals surface area contributed by atoms with Crippen LogP contribution >= 0.6 is 0 Å². The van der Waals surface area contributed by atoms with Gasteiger partial charge in [-0.25, -0.2) is 0 Å². The first kappa shape index (κ1) is 10.5. The molecule has 0 N–H and O–H groups in total. The Kier molecular flexibility index (Phi) is 3.29. The Morgan fingerprint density at radius 3 is 2.92 bits per heavy atom. The van der Waals surface area contributed by atoms with Crippen molar-refractivity contribution in [2.24, 2.45) is 11.3 Å². The molecule has 13 heavy (non-hydrogen) atoms. The molecule has 0 aromatic carbocycles. The van der Waals surface area contributed by atoms with Crippen LogP contribution in [-0.4, -0.2) is 6.29 Å². The molecule has 0 saturated heterocycles. The minimum atomic E-state index is 0.277. The number of aldehydes is 1. The van der Waals surface area contributed by atoms with Crippen LogP contribution in [-0.2, 0) is 4.79 Å². The standard InChI is InChI=1S/C12H20O/c1-10-6-4-7-11(2)12(10,3)8-5-9-13/h6,9,11H,4-5,7-8H2,1-3H3/t11-,12-/m1/s1. The topological polar surface area (TPSA) is 17.1 Å². The van der Waals surface area contributed by atoms with Crippen molar-refractivity contribution in [2.75, 3.05) is 0 Å². The first-order valence-corrected chi connectivity index (χ1v) is 5.22. The van der Waals surface area contributed by atoms with E-state index in [4.69, 9.17) is 0 Å². The molecular weight excluding hydrogens is 160 g/mol. The average Bonchev–Trinajstić information content (AvgIpc) is 2.11. The van der Waals surface area contributed by atoms with Crippen molar-refractivity contribution in [1.82, 2.24) is 0 Å². The van der Waals surface area contributed by atoms with Gasteiger partial charge in [-0.1, -0.05) is 25.5 Å². The van der Waals surface area contributed by atoms with E-state index in [0.29, 0.717) is 6.42 Å². The smallest absolute Gasteiger partial charge is 0.120 e. The summed E-state index contributed by atoms with van der Waals surface area (Å²) in [5, 5.41) is 0. The fourth-order valence-electron chi connectivity index (χ4n) is 2.29. The summed E-state index contributed by atoms with van der Waals surface area (Å²) in [5.41, 5.74) is 1.76. The Morgan fingerprint density at radius 1 is 1.69 bits per heavy atom. The van der Waals surface area contributed by atoms with Crippen LogP contribution in [0.1, 0.15) is 46.5 Å². The van der Waals surface area contributed by atoms with Gasteiger partial charge in [0.05, 0.1) is 0 Å². The zero-order valence-electron chi connectivity index (χ0n) is 8.97. The van der Waals surface area contributed by atoms with Crippen molar-refractivity contribution in [2.45, 2.75) is 46.5 Å². The summed E-state index contributed by atoms with van der Waals surface area (Å²) in [6.07, 6.45) is 7.58. The summed E-state index contributed by atoms with van der Waals surface area (Å²) in [4.78, 5) is 10.4. The Balaban J connectivity index is 2.75. The zero-order chi connectivity index (χ0) is 9.90. The Morgan fingerprint density at radius 2 is 2.38 bits per heavy atom. The predicted octanol–water partition coefficient (Wildman–Crippen LogP) is 3.35. The molecule has 1 aliphatic rings. The molecular formula is C12H20O. The molecule has 2 atom stereocenters. The quantitative estimate of drug-likeness (QED) is 0.481. The molecule has 0 amide bonds. The number of hydrogen-bond donors (Lipinski definition) is 0. The van der Waals surface area contributed by atoms with E-state index < -0.39 is 0 Å². The van der Waals surface area contributed by atoms with Crippen molar-refractivity contribution < 1.29 is 4.79 Å². The van der Waals surface area contributed by atoms with Crippen molar-refractivity contribution in [1.29, 1.82) is 0 Å². The molecule has 0 aromatic rings. The molecule has 1 aliphatic carbocycles. The van der Waals surface area contributed by atoms with Gasteiger partial charge < -0.3 is 4.79 Å². The van der Waals surface area contributed by atoms with Gasteiger partial charge in [0, 0.05) is 6.42 Å². The van der Waals surface area contributed by atoms with Crippen LogP contribution in [0.3, 0.4) is 0 Å². The fraction of sp³-hybridized carbons (Fsp3) is 0.750. The summed E-state index contributed by atoms with van der Waals surface area (Å²) in [6.45, 7) is 6.81. The predicted molar refractivity (Wildman–Crippen MR) is 55.6 cm³/mol. The van der Waals surface area contributed by atoms with Gasteiger partial charge in [0.15, 0.2) is 0 Å². The third-order valence-electron chi connectivity index (χ3n) is 3.82. The second-order valence-electron chi connectivity index (χ2n) is 4.49. The SMILES string of the molecule is CC1=CCC[C@@H](C)[C@]1(C)CCC=O. The lowest BCUT2D eigenvalue weighted by molar-refractivity contribution is -0.108. The van der Waals surface area contributed by atoms with Crippen LogP contribution in [0.5, 0.6) is 0 Å². The fourth-order valence-corrected chi connectivity index (χ4v) is 2.29. The molecule has 0 fully saturated rings. The molecule has 0 saturated carbocycles. The summed E-state index contributed by atoms with van der Waals surface area (Å²) < 4.78 is 0. The van der Waals surface area contributed by atoms with E-state index in [1.165, 1.54) is 18.4 Å². The normalized spacial score (nSPS) is 34.1. The molecule has 0 heterocycles. The lowest BCUT2D eigenvalue weighted by atomic mass is 9.65. The van der Waals surface area contributed by atoms with Crippen molar-refractivity contribution in [3.05, 3.63) is 11.6 Å². The Hall–Kier alpha value is -0.590. The number of carbonyl (C=O) groups is 1. The molecule has 0 aromatic heterocycles. The van der Waals surface area contributed by atoms with Gasteiger partial charge in [-0.15, -0.1) is 0 Å². The van der Waals surface area contributed by atoms with E-state index in [2.05, 4.69) is 26.8 Å². The zero-order valence-corrected chi connectivity index (χ0v) is 8.97. The second kappa shape index (κ2) is 4.08. The van der Waals surface area contributed by atoms with Gasteiger partial charge in [-0.05, 0) is 37.5 Å². The molecule has 0 spiro atoms. The first-order valence-electron chi connectivity index (χ1n) is 5.22. The summed E-state index contributed by atoms with van der Waals surface area (Å²) in [5.74, 6) is 0.720. The van der Waals surface area contributed by atoms with Gasteiger partial charge >= 0.3 is 0 Å². The molecule has 0 radical (unpaired) electrons. The minimum Gasteiger partial charge on any atom is -0.303 e. The van der Waals surface area contributed by atoms with Gasteiger partial charge in [0.25, 0.3) is 0 Å². The summed E-state index contributed by atoms with van der Waals surface area (Å²) in [6, 6.07) is 0. The minimum absolute atomic E-state index is 0.277. The highest BCUT2D eigenvalue weighted by molar-refractivity contribution is 5.49. The third kappa shape index (κ3) is 2.01. The molecule has 0 aliphatic heterocycles. The molecule has 1 heteroatoms. The molecule has 1 rings (SSSR count). The maximum Gasteiger partial charge on any atom is 0.120 e. The first-order chi connectivity index (χ1) is 6.11. The number of rotatable bonds is 3. The number of allylic oxidation sites excluding steroid dienone is 2. The second-order valence-corrected chi connectivity index (χ2v) is 4.49. The number of hydrogen-bond acceptors (Lipinski definition) is 1. The van der Waals surface area contributed by atoms with E-state index in [0.717, 1.165) is 18.6 Å². The van der Waals surface area contributed by atoms with E-state index in [-0.39, 0.29) is 5.41 Å². The van der Waals surface area contributed by atoms with Crippen LogP contribution < -0.4 is 0 Å².